The van der Waals surface area contributed by atoms with Crippen molar-refractivity contribution < 1.29 is 49.4 Å². The van der Waals surface area contributed by atoms with Crippen molar-refractivity contribution in [1.82, 2.24) is 10.6 Å². The van der Waals surface area contributed by atoms with Crippen LogP contribution < -0.4 is 10.6 Å². The van der Waals surface area contributed by atoms with Crippen LogP contribution in [0.4, 0.5) is 0 Å². The molecule has 0 bridgehead atoms. The Labute approximate surface area is 230 Å². The van der Waals surface area contributed by atoms with Crippen molar-refractivity contribution in [3.63, 3.8) is 0 Å². The van der Waals surface area contributed by atoms with Crippen LogP contribution in [0.5, 0.6) is 0 Å². The van der Waals surface area contributed by atoms with Crippen LogP contribution in [-0.2, 0) is 30.3 Å². The minimum Gasteiger partial charge on any atom is -0.477 e. The second-order valence-electron chi connectivity index (χ2n) is 9.36. The zero-order valence-electron chi connectivity index (χ0n) is 21.7. The standard InChI is InChI=1S/C28H34N2O10/c1-2-12-39-28(27(37)38)14-20(32)24(30-23(35)16-31)26(40-28)25(36)21(33)15-29-22(34)13-17-8-10-19(11-9-17)18-6-4-3-5-7-18/h2-11,20-21,24-26,31-33,36H,1,12-16H2,(H,29,34)(H,30,35)(H,37,38)/t20?,21-,24?,25+,26?,28?/m1/s1. The lowest BCUT2D eigenvalue weighted by molar-refractivity contribution is -0.307. The van der Waals surface area contributed by atoms with Crippen LogP contribution in [0.15, 0.2) is 67.3 Å². The normalized spacial score (nSPS) is 23.9. The summed E-state index contributed by atoms with van der Waals surface area (Å²) >= 11 is 0. The molecule has 2 aromatic carbocycles. The third-order valence-electron chi connectivity index (χ3n) is 6.47. The van der Waals surface area contributed by atoms with Crippen molar-refractivity contribution in [2.24, 2.45) is 0 Å². The summed E-state index contributed by atoms with van der Waals surface area (Å²) in [6.45, 7) is 1.76. The van der Waals surface area contributed by atoms with Crippen LogP contribution in [0.1, 0.15) is 12.0 Å². The zero-order chi connectivity index (χ0) is 29.3. The van der Waals surface area contributed by atoms with Crippen molar-refractivity contribution in [3.8, 4) is 11.1 Å². The molecule has 0 aromatic heterocycles. The van der Waals surface area contributed by atoms with Crippen LogP contribution in [0.2, 0.25) is 0 Å². The fourth-order valence-corrected chi connectivity index (χ4v) is 4.39. The Kier molecular flexibility index (Phi) is 10.9. The number of amides is 2. The molecule has 0 radical (unpaired) electrons. The Bertz CT molecular complexity index is 1160. The maximum Gasteiger partial charge on any atom is 0.364 e. The van der Waals surface area contributed by atoms with Gasteiger partial charge in [-0.3, -0.25) is 9.59 Å². The summed E-state index contributed by atoms with van der Waals surface area (Å²) in [6.07, 6.45) is -6.28. The molecule has 0 aliphatic carbocycles. The molecule has 216 valence electrons. The van der Waals surface area contributed by atoms with E-state index in [1.165, 1.54) is 6.08 Å². The predicted molar refractivity (Wildman–Crippen MR) is 142 cm³/mol. The molecule has 1 saturated heterocycles. The predicted octanol–water partition coefficient (Wildman–Crippen LogP) is -0.655. The lowest BCUT2D eigenvalue weighted by Crippen LogP contribution is -2.68. The first-order valence-corrected chi connectivity index (χ1v) is 12.6. The number of carboxylic acids is 1. The van der Waals surface area contributed by atoms with Gasteiger partial charge in [0.2, 0.25) is 11.8 Å². The number of aliphatic hydroxyl groups is 4. The van der Waals surface area contributed by atoms with Crippen LogP contribution in [0.3, 0.4) is 0 Å². The molecule has 0 saturated carbocycles. The number of aliphatic carboxylic acids is 1. The Morgan fingerprint density at radius 2 is 1.73 bits per heavy atom. The number of nitrogens with one attached hydrogen (secondary N) is 2. The van der Waals surface area contributed by atoms with Crippen molar-refractivity contribution in [1.29, 1.82) is 0 Å². The molecule has 12 heteroatoms. The first-order chi connectivity index (χ1) is 19.1. The molecule has 12 nitrogen and oxygen atoms in total. The fourth-order valence-electron chi connectivity index (χ4n) is 4.39. The number of carbonyl (C=O) groups excluding carboxylic acids is 2. The average Bonchev–Trinajstić information content (AvgIpc) is 2.96. The summed E-state index contributed by atoms with van der Waals surface area (Å²) < 4.78 is 10.8. The number of hydrogen-bond donors (Lipinski definition) is 7. The highest BCUT2D eigenvalue weighted by atomic mass is 16.7. The highest BCUT2D eigenvalue weighted by molar-refractivity contribution is 5.79. The van der Waals surface area contributed by atoms with E-state index in [4.69, 9.17) is 14.6 Å². The van der Waals surface area contributed by atoms with Crippen LogP contribution in [0, 0.1) is 0 Å². The molecule has 1 fully saturated rings. The summed E-state index contributed by atoms with van der Waals surface area (Å²) in [5.74, 6) is -5.42. The largest absolute Gasteiger partial charge is 0.477 e. The number of rotatable bonds is 13. The minimum absolute atomic E-state index is 0.0107. The summed E-state index contributed by atoms with van der Waals surface area (Å²) in [7, 11) is 0. The zero-order valence-corrected chi connectivity index (χ0v) is 21.7. The van der Waals surface area contributed by atoms with E-state index in [0.29, 0.717) is 5.56 Å². The van der Waals surface area contributed by atoms with Crippen molar-refractivity contribution in [2.45, 2.75) is 49.1 Å². The van der Waals surface area contributed by atoms with E-state index in [1.807, 2.05) is 42.5 Å². The SMILES string of the molecule is C=CCOC1(C(=O)O)CC(O)C(NC(=O)CO)C([C@@H](O)[C@H](O)CNC(=O)Cc2ccc(-c3ccccc3)cc2)O1. The number of carboxylic acid groups (broad SMARTS) is 1. The van der Waals surface area contributed by atoms with E-state index in [0.717, 1.165) is 11.1 Å². The van der Waals surface area contributed by atoms with E-state index >= 15 is 0 Å². The molecule has 0 spiro atoms. The van der Waals surface area contributed by atoms with Crippen LogP contribution >= 0.6 is 0 Å². The van der Waals surface area contributed by atoms with E-state index in [-0.39, 0.29) is 13.0 Å². The summed E-state index contributed by atoms with van der Waals surface area (Å²) in [5.41, 5.74) is 2.72. The van der Waals surface area contributed by atoms with E-state index < -0.39 is 73.6 Å². The van der Waals surface area contributed by atoms with Gasteiger partial charge >= 0.3 is 5.97 Å². The monoisotopic (exact) mass is 558 g/mol. The summed E-state index contributed by atoms with van der Waals surface area (Å²) in [5, 5.41) is 55.8. The van der Waals surface area contributed by atoms with Gasteiger partial charge in [0, 0.05) is 13.0 Å². The molecule has 1 aliphatic rings. The number of benzene rings is 2. The first-order valence-electron chi connectivity index (χ1n) is 12.6. The van der Waals surface area contributed by atoms with Crippen molar-refractivity contribution >= 4 is 17.8 Å². The molecule has 3 rings (SSSR count). The van der Waals surface area contributed by atoms with Gasteiger partial charge in [0.25, 0.3) is 5.79 Å². The maximum atomic E-state index is 12.5. The van der Waals surface area contributed by atoms with Gasteiger partial charge in [0.15, 0.2) is 0 Å². The van der Waals surface area contributed by atoms with Gasteiger partial charge in [-0.15, -0.1) is 6.58 Å². The van der Waals surface area contributed by atoms with Gasteiger partial charge in [0.1, 0.15) is 18.8 Å². The lowest BCUT2D eigenvalue weighted by Gasteiger charge is -2.46. The highest BCUT2D eigenvalue weighted by Gasteiger charge is 2.55. The topological polar surface area (TPSA) is 195 Å². The number of hydrogen-bond acceptors (Lipinski definition) is 9. The molecule has 4 unspecified atom stereocenters. The smallest absolute Gasteiger partial charge is 0.364 e. The minimum atomic E-state index is -2.42. The van der Waals surface area contributed by atoms with Gasteiger partial charge in [-0.25, -0.2) is 4.79 Å². The van der Waals surface area contributed by atoms with Crippen LogP contribution in [-0.4, -0.2) is 99.3 Å². The molecule has 1 heterocycles. The number of ether oxygens (including phenoxy) is 2. The van der Waals surface area contributed by atoms with E-state index in [2.05, 4.69) is 17.2 Å². The molecule has 40 heavy (non-hydrogen) atoms. The lowest BCUT2D eigenvalue weighted by atomic mass is 9.88. The molecule has 1 aliphatic heterocycles. The van der Waals surface area contributed by atoms with E-state index in [9.17, 15) is 34.8 Å². The summed E-state index contributed by atoms with van der Waals surface area (Å²) in [4.78, 5) is 36.4. The first kappa shape index (κ1) is 30.9. The second-order valence-corrected chi connectivity index (χ2v) is 9.36. The molecule has 6 atom stereocenters. The van der Waals surface area contributed by atoms with E-state index in [1.54, 1.807) is 12.1 Å². The molecular weight excluding hydrogens is 524 g/mol. The molecule has 2 amide bonds. The Balaban J connectivity index is 1.66. The molecule has 2 aromatic rings. The quantitative estimate of drug-likeness (QED) is 0.155. The van der Waals surface area contributed by atoms with Gasteiger partial charge < -0.3 is 45.6 Å². The van der Waals surface area contributed by atoms with Gasteiger partial charge in [-0.05, 0) is 16.7 Å². The fraction of sp³-hybridized carbons (Fsp3) is 0.393. The highest BCUT2D eigenvalue weighted by Crippen LogP contribution is 2.33. The number of carbonyl (C=O) groups is 3. The van der Waals surface area contributed by atoms with Gasteiger partial charge in [-0.1, -0.05) is 60.7 Å². The summed E-state index contributed by atoms with van der Waals surface area (Å²) in [6, 6.07) is 15.6. The van der Waals surface area contributed by atoms with Gasteiger partial charge in [-0.2, -0.15) is 0 Å². The Hall–Kier alpha value is -3.65. The maximum absolute atomic E-state index is 12.5. The molecule has 7 N–H and O–H groups in total. The van der Waals surface area contributed by atoms with Crippen molar-refractivity contribution in [2.75, 3.05) is 19.8 Å². The average molecular weight is 559 g/mol. The van der Waals surface area contributed by atoms with Gasteiger partial charge in [0.05, 0.1) is 31.3 Å². The Morgan fingerprint density at radius 3 is 2.33 bits per heavy atom. The third kappa shape index (κ3) is 7.72. The second kappa shape index (κ2) is 14.1. The molecular formula is C28H34N2O10. The number of aliphatic hydroxyl groups excluding tert-OH is 4. The van der Waals surface area contributed by atoms with Crippen LogP contribution in [0.25, 0.3) is 11.1 Å². The van der Waals surface area contributed by atoms with Crippen molar-refractivity contribution in [3.05, 3.63) is 72.8 Å². The third-order valence-corrected chi connectivity index (χ3v) is 6.47. The Morgan fingerprint density at radius 1 is 1.07 bits per heavy atom.